The molecule has 40 radical (unpaired) electrons. The Morgan fingerprint density at radius 2 is 0.617 bits per heavy atom. The van der Waals surface area contributed by atoms with Crippen LogP contribution in [0.15, 0.2) is 13.3 Å². The van der Waals surface area contributed by atoms with Gasteiger partial charge in [0.1, 0.15) is 179 Å². The highest BCUT2D eigenvalue weighted by atomic mass is 79.9. The van der Waals surface area contributed by atoms with Gasteiger partial charge >= 0.3 is 0 Å². The molecule has 3 heterocycles. The van der Waals surface area contributed by atoms with Crippen molar-refractivity contribution in [3.8, 4) is 16.8 Å². The molecule has 0 N–H and O–H groups in total. The summed E-state index contributed by atoms with van der Waals surface area (Å²) < 4.78 is 14.4. The number of fused-ring (bicyclic) bond motifs is 9. The number of halogens is 1. The van der Waals surface area contributed by atoms with Gasteiger partial charge in [0.2, 0.25) is 0 Å². The Bertz CT molecular complexity index is 3570. The molecule has 9 aromatic rings. The number of aromatic nitrogens is 1. The van der Waals surface area contributed by atoms with Crippen LogP contribution in [0, 0.1) is 0 Å². The fraction of sp³-hybridized carbons (Fsp3) is 0. The molecular weight excluding hydrogens is 775 g/mol. The van der Waals surface area contributed by atoms with Crippen LogP contribution >= 0.6 is 15.9 Å². The van der Waals surface area contributed by atoms with Crippen molar-refractivity contribution in [3.05, 3.63) is 4.47 Å². The van der Waals surface area contributed by atoms with Crippen molar-refractivity contribution < 1.29 is 8.83 Å². The maximum absolute atomic E-state index is 7.28. The largest absolute Gasteiger partial charge is 0.457 e. The van der Waals surface area contributed by atoms with Gasteiger partial charge in [-0.15, -0.1) is 32.8 Å². The molecular formula is C36B20BrNO2. The number of rotatable bonds is 2. The number of hydrogen-bond acceptors (Lipinski definition) is 2. The molecule has 0 bridgehead atoms. The molecule has 0 unspecified atom stereocenters. The lowest BCUT2D eigenvalue weighted by atomic mass is 9.62. The minimum absolute atomic E-state index is 0.00503. The van der Waals surface area contributed by atoms with Gasteiger partial charge in [-0.25, -0.2) is 0 Å². The van der Waals surface area contributed by atoms with E-state index in [0.29, 0.717) is 0 Å². The summed E-state index contributed by atoms with van der Waals surface area (Å²) in [5.74, 6) is 0. The topological polar surface area (TPSA) is 31.2 Å². The van der Waals surface area contributed by atoms with Gasteiger partial charge in [0.25, 0.3) is 0 Å². The van der Waals surface area contributed by atoms with E-state index in [4.69, 9.17) is 166 Å². The summed E-state index contributed by atoms with van der Waals surface area (Å²) in [6, 6.07) is 0. The highest BCUT2D eigenvalue weighted by Gasteiger charge is 2.31. The second-order valence-corrected chi connectivity index (χ2v) is 15.3. The van der Waals surface area contributed by atoms with Crippen LogP contribution in [-0.4, -0.2) is 161 Å². The minimum Gasteiger partial charge on any atom is -0.457 e. The number of nitrogens with zero attached hydrogens (tertiary/aromatic N) is 1. The Morgan fingerprint density at radius 3 is 1.13 bits per heavy atom. The van der Waals surface area contributed by atoms with E-state index >= 15 is 0 Å². The van der Waals surface area contributed by atoms with Crippen LogP contribution in [-0.2, 0) is 0 Å². The third-order valence-electron chi connectivity index (χ3n) is 11.5. The van der Waals surface area contributed by atoms with Crippen molar-refractivity contribution >= 4 is 348 Å². The summed E-state index contributed by atoms with van der Waals surface area (Å²) in [4.78, 5) is 0. The lowest BCUT2D eigenvalue weighted by Crippen LogP contribution is -2.48. The Balaban J connectivity index is 1.57. The van der Waals surface area contributed by atoms with Gasteiger partial charge in [0.05, 0.1) is 11.1 Å². The van der Waals surface area contributed by atoms with Crippen molar-refractivity contribution in [3.63, 3.8) is 0 Å². The maximum atomic E-state index is 7.28. The van der Waals surface area contributed by atoms with Crippen LogP contribution in [0.25, 0.3) is 82.5 Å². The zero-order valence-electron chi connectivity index (χ0n) is 31.2. The van der Waals surface area contributed by atoms with Crippen LogP contribution in [0.3, 0.4) is 0 Å². The van der Waals surface area contributed by atoms with Gasteiger partial charge in [-0.05, 0) is 5.56 Å². The van der Waals surface area contributed by atoms with Crippen molar-refractivity contribution in [2.24, 2.45) is 0 Å². The molecule has 0 amide bonds. The first kappa shape index (κ1) is 41.8. The van der Waals surface area contributed by atoms with Crippen LogP contribution in [0.5, 0.6) is 0 Å². The average Bonchev–Trinajstić information content (AvgIpc) is 3.92. The van der Waals surface area contributed by atoms with Crippen molar-refractivity contribution in [1.29, 1.82) is 0 Å². The molecule has 0 aliphatic carbocycles. The van der Waals surface area contributed by atoms with Gasteiger partial charge < -0.3 is 13.4 Å². The second kappa shape index (κ2) is 13.7. The molecule has 6 aromatic carbocycles. The van der Waals surface area contributed by atoms with E-state index in [9.17, 15) is 0 Å². The third kappa shape index (κ3) is 5.01. The quantitative estimate of drug-likeness (QED) is 0.164. The first-order valence-electron chi connectivity index (χ1n) is 17.4. The number of benzene rings is 6. The first-order valence-corrected chi connectivity index (χ1v) is 18.2. The van der Waals surface area contributed by atoms with Crippen molar-refractivity contribution in [1.82, 2.24) is 4.57 Å². The van der Waals surface area contributed by atoms with E-state index < -0.39 is 0 Å². The standard InChI is InChI=1S/C36B20BrNO2/c37-9-1(4-11(39)16(44)12(40)5-6-13(41)17(45)19(47)26(54)34(6)59-33(4)5)10(38)23(51)30-2(9)3-15(43)29(57)22(50)25(53)31(3)58(30)32-8-7-14(42)18(46)20(48)27(55)35(7)60-36(8)28(56)21(49)24(32)52. The zero-order chi connectivity index (χ0) is 43.8. The van der Waals surface area contributed by atoms with Gasteiger partial charge in [0, 0.05) is 48.0 Å². The maximum Gasteiger partial charge on any atom is 0.141 e. The van der Waals surface area contributed by atoms with Crippen molar-refractivity contribution in [2.45, 2.75) is 0 Å². The number of hydrogen-bond donors (Lipinski definition) is 0. The predicted octanol–water partition coefficient (Wildman–Crippen LogP) is -13.1. The Morgan fingerprint density at radius 1 is 0.267 bits per heavy atom. The van der Waals surface area contributed by atoms with E-state index in [2.05, 4.69) is 15.9 Å². The minimum atomic E-state index is -0.137. The van der Waals surface area contributed by atoms with E-state index in [1.807, 2.05) is 0 Å². The molecule has 9 rings (SSSR count). The molecule has 3 nitrogen and oxygen atoms in total. The van der Waals surface area contributed by atoms with Crippen LogP contribution in [0.4, 0.5) is 0 Å². The van der Waals surface area contributed by atoms with Crippen LogP contribution in [0.2, 0.25) is 0 Å². The summed E-state index contributed by atoms with van der Waals surface area (Å²) in [5, 5.41) is 1.17. The van der Waals surface area contributed by atoms with Gasteiger partial charge in [-0.3, -0.25) is 0 Å². The number of furan rings is 2. The molecule has 0 aliphatic heterocycles. The molecule has 3 aromatic heterocycles. The average molecular weight is 775 g/mol. The lowest BCUT2D eigenvalue weighted by molar-refractivity contribution is 0.673. The van der Waals surface area contributed by atoms with Gasteiger partial charge in [-0.1, -0.05) is 92.4 Å². The molecule has 228 valence electrons. The molecule has 24 heteroatoms. The summed E-state index contributed by atoms with van der Waals surface area (Å²) >= 11 is 3.49. The summed E-state index contributed by atoms with van der Waals surface area (Å²) in [6.45, 7) is 0. The van der Waals surface area contributed by atoms with E-state index in [0.717, 1.165) is 0 Å². The van der Waals surface area contributed by atoms with E-state index in [1.165, 1.54) is 4.57 Å². The highest BCUT2D eigenvalue weighted by molar-refractivity contribution is 9.10. The summed E-state index contributed by atoms with van der Waals surface area (Å²) in [7, 11) is 133. The lowest BCUT2D eigenvalue weighted by Gasteiger charge is -2.24. The fourth-order valence-electron chi connectivity index (χ4n) is 8.38. The molecule has 0 aliphatic rings. The smallest absolute Gasteiger partial charge is 0.141 e. The molecule has 60 heavy (non-hydrogen) atoms. The highest BCUT2D eigenvalue weighted by Crippen LogP contribution is 2.36. The zero-order valence-corrected chi connectivity index (χ0v) is 32.8. The predicted molar refractivity (Wildman–Crippen MR) is 276 cm³/mol. The van der Waals surface area contributed by atoms with E-state index in [-0.39, 0.29) is 196 Å². The second-order valence-electron chi connectivity index (χ2n) is 14.5. The molecule has 0 saturated carbocycles. The Hall–Kier alpha value is -3.50. The monoisotopic (exact) mass is 777 g/mol. The van der Waals surface area contributed by atoms with Gasteiger partial charge in [-0.2, -0.15) is 0 Å². The first-order chi connectivity index (χ1) is 28.1. The molecule has 0 fully saturated rings. The normalized spacial score (nSPS) is 12.1. The van der Waals surface area contributed by atoms with Crippen molar-refractivity contribution in [2.75, 3.05) is 0 Å². The van der Waals surface area contributed by atoms with Crippen LogP contribution < -0.4 is 109 Å². The molecule has 0 spiro atoms. The Labute approximate surface area is 380 Å². The Kier molecular flexibility index (Phi) is 9.58. The summed E-state index contributed by atoms with van der Waals surface area (Å²) in [5.41, 5.74) is -0.234. The van der Waals surface area contributed by atoms with E-state index in [1.54, 1.807) is 0 Å². The SMILES string of the molecule is [B]c1c([B])c([B])c2c(oc3c(-c4c([B])c([B])c5c(c4[B])c4c([B])c(Br)c([B])c([B])c4n5-c4c([B])c([B])c([B])c5oc6c([B])c([B])c([B])c([B])c6c45)c([B])c([B])c([B])c32)c1[B]. The molecule has 0 saturated heterocycles. The van der Waals surface area contributed by atoms with Gasteiger partial charge in [0.15, 0.2) is 0 Å². The molecule has 0 atom stereocenters. The van der Waals surface area contributed by atoms with Crippen LogP contribution in [0.1, 0.15) is 0 Å². The summed E-state index contributed by atoms with van der Waals surface area (Å²) in [6.07, 6.45) is 0. The third-order valence-corrected chi connectivity index (χ3v) is 12.4. The fourth-order valence-corrected chi connectivity index (χ4v) is 8.79.